The number of imidazole rings is 1. The highest BCUT2D eigenvalue weighted by molar-refractivity contribution is 7.94. The van der Waals surface area contributed by atoms with Crippen molar-refractivity contribution in [3.8, 4) is 0 Å². The lowest BCUT2D eigenvalue weighted by atomic mass is 10.3. The standard InChI is InChI=1S/C11H17N3O2S/c1-9(2)14-8-12-5-11(14)6-13-10-3-4-17(15,16)7-10/h3-5,8-10,13H,6-7H2,1-2H3. The van der Waals surface area contributed by atoms with Crippen LogP contribution in [0.2, 0.25) is 0 Å². The van der Waals surface area contributed by atoms with E-state index >= 15 is 0 Å². The first-order valence-corrected chi connectivity index (χ1v) is 7.34. The molecule has 6 heteroatoms. The van der Waals surface area contributed by atoms with Crippen LogP contribution in [0.25, 0.3) is 0 Å². The molecular weight excluding hydrogens is 238 g/mol. The van der Waals surface area contributed by atoms with Crippen LogP contribution in [-0.4, -0.2) is 29.8 Å². The van der Waals surface area contributed by atoms with Gasteiger partial charge in [0, 0.05) is 30.2 Å². The molecule has 5 nitrogen and oxygen atoms in total. The lowest BCUT2D eigenvalue weighted by Gasteiger charge is -2.14. The molecule has 94 valence electrons. The molecule has 1 aromatic heterocycles. The molecule has 1 N–H and O–H groups in total. The van der Waals surface area contributed by atoms with Crippen molar-refractivity contribution >= 4 is 9.84 Å². The zero-order valence-electron chi connectivity index (χ0n) is 10.00. The monoisotopic (exact) mass is 255 g/mol. The molecule has 0 aliphatic carbocycles. The quantitative estimate of drug-likeness (QED) is 0.867. The molecule has 2 rings (SSSR count). The van der Waals surface area contributed by atoms with Gasteiger partial charge in [0.2, 0.25) is 0 Å². The van der Waals surface area contributed by atoms with Crippen LogP contribution in [0, 0.1) is 0 Å². The van der Waals surface area contributed by atoms with Crippen molar-refractivity contribution in [3.05, 3.63) is 29.7 Å². The van der Waals surface area contributed by atoms with Crippen molar-refractivity contribution < 1.29 is 8.42 Å². The average molecular weight is 255 g/mol. The summed E-state index contributed by atoms with van der Waals surface area (Å²) < 4.78 is 24.5. The van der Waals surface area contributed by atoms with Gasteiger partial charge in [0.1, 0.15) is 0 Å². The largest absolute Gasteiger partial charge is 0.331 e. The number of hydrogen-bond donors (Lipinski definition) is 1. The predicted octanol–water partition coefficient (Wildman–Crippen LogP) is 0.864. The summed E-state index contributed by atoms with van der Waals surface area (Å²) in [6.07, 6.45) is 5.30. The molecule has 0 aromatic carbocycles. The third kappa shape index (κ3) is 2.95. The average Bonchev–Trinajstić information content (AvgIpc) is 2.81. The molecule has 17 heavy (non-hydrogen) atoms. The molecule has 1 atom stereocenters. The van der Waals surface area contributed by atoms with Gasteiger partial charge in [0.15, 0.2) is 9.84 Å². The van der Waals surface area contributed by atoms with Crippen molar-refractivity contribution in [2.45, 2.75) is 32.5 Å². The molecule has 0 bridgehead atoms. The molecule has 1 unspecified atom stereocenters. The van der Waals surface area contributed by atoms with Crippen LogP contribution in [0.3, 0.4) is 0 Å². The Morgan fingerprint density at radius 3 is 2.94 bits per heavy atom. The minimum Gasteiger partial charge on any atom is -0.331 e. The summed E-state index contributed by atoms with van der Waals surface area (Å²) in [7, 11) is -2.98. The Morgan fingerprint density at radius 2 is 2.35 bits per heavy atom. The van der Waals surface area contributed by atoms with Crippen molar-refractivity contribution in [1.29, 1.82) is 0 Å². The minimum absolute atomic E-state index is 0.0875. The summed E-state index contributed by atoms with van der Waals surface area (Å²) in [5.74, 6) is 0.156. The molecule has 0 fully saturated rings. The van der Waals surface area contributed by atoms with Gasteiger partial charge in [-0.1, -0.05) is 6.08 Å². The van der Waals surface area contributed by atoms with Crippen LogP contribution < -0.4 is 5.32 Å². The van der Waals surface area contributed by atoms with Gasteiger partial charge in [0.05, 0.1) is 17.8 Å². The van der Waals surface area contributed by atoms with Gasteiger partial charge in [0.25, 0.3) is 0 Å². The van der Waals surface area contributed by atoms with Gasteiger partial charge in [-0.3, -0.25) is 0 Å². The SMILES string of the molecule is CC(C)n1cncc1CNC1C=CS(=O)(=O)C1. The van der Waals surface area contributed by atoms with E-state index in [9.17, 15) is 8.42 Å². The topological polar surface area (TPSA) is 64.0 Å². The zero-order valence-corrected chi connectivity index (χ0v) is 10.8. The second-order valence-electron chi connectivity index (χ2n) is 4.53. The molecule has 0 saturated heterocycles. The van der Waals surface area contributed by atoms with E-state index in [1.165, 1.54) is 5.41 Å². The summed E-state index contributed by atoms with van der Waals surface area (Å²) in [5.41, 5.74) is 1.07. The lowest BCUT2D eigenvalue weighted by molar-refractivity contribution is 0.538. The maximum Gasteiger partial charge on any atom is 0.173 e. The van der Waals surface area contributed by atoms with Crippen molar-refractivity contribution in [1.82, 2.24) is 14.9 Å². The number of rotatable bonds is 4. The fraction of sp³-hybridized carbons (Fsp3) is 0.545. The fourth-order valence-electron chi connectivity index (χ4n) is 1.87. The Bertz CT molecular complexity index is 517. The van der Waals surface area contributed by atoms with Crippen LogP contribution >= 0.6 is 0 Å². The predicted molar refractivity (Wildman–Crippen MR) is 66.2 cm³/mol. The van der Waals surface area contributed by atoms with E-state index in [0.29, 0.717) is 12.6 Å². The second kappa shape index (κ2) is 4.62. The van der Waals surface area contributed by atoms with Crippen molar-refractivity contribution in [2.75, 3.05) is 5.75 Å². The van der Waals surface area contributed by atoms with Gasteiger partial charge < -0.3 is 9.88 Å². The van der Waals surface area contributed by atoms with E-state index in [0.717, 1.165) is 5.69 Å². The van der Waals surface area contributed by atoms with E-state index in [1.54, 1.807) is 18.6 Å². The Labute approximate surface area is 101 Å². The normalized spacial score (nSPS) is 22.4. The van der Waals surface area contributed by atoms with Gasteiger partial charge in [-0.15, -0.1) is 0 Å². The fourth-order valence-corrected chi connectivity index (χ4v) is 3.14. The van der Waals surface area contributed by atoms with Crippen molar-refractivity contribution in [3.63, 3.8) is 0 Å². The van der Waals surface area contributed by atoms with Crippen LogP contribution in [0.1, 0.15) is 25.6 Å². The van der Waals surface area contributed by atoms with Crippen LogP contribution in [0.5, 0.6) is 0 Å². The number of sulfone groups is 1. The van der Waals surface area contributed by atoms with Gasteiger partial charge in [-0.25, -0.2) is 13.4 Å². The maximum atomic E-state index is 11.2. The first-order chi connectivity index (χ1) is 7.98. The minimum atomic E-state index is -2.98. The first-order valence-electron chi connectivity index (χ1n) is 5.63. The second-order valence-corrected chi connectivity index (χ2v) is 6.46. The maximum absolute atomic E-state index is 11.2. The molecule has 1 aromatic rings. The summed E-state index contributed by atoms with van der Waals surface area (Å²) in [6, 6.07) is 0.271. The molecule has 1 aliphatic rings. The van der Waals surface area contributed by atoms with E-state index in [-0.39, 0.29) is 11.8 Å². The Kier molecular flexibility index (Phi) is 3.35. The summed E-state index contributed by atoms with van der Waals surface area (Å²) >= 11 is 0. The summed E-state index contributed by atoms with van der Waals surface area (Å²) in [4.78, 5) is 4.10. The molecule has 2 heterocycles. The van der Waals surface area contributed by atoms with Gasteiger partial charge in [-0.2, -0.15) is 0 Å². The number of aromatic nitrogens is 2. The molecular formula is C11H17N3O2S. The Hall–Kier alpha value is -1.14. The molecule has 0 amide bonds. The first kappa shape index (κ1) is 12.3. The molecule has 1 aliphatic heterocycles. The number of nitrogens with zero attached hydrogens (tertiary/aromatic N) is 2. The Morgan fingerprint density at radius 1 is 1.59 bits per heavy atom. The summed E-state index contributed by atoms with van der Waals surface area (Å²) in [5, 5.41) is 4.49. The highest BCUT2D eigenvalue weighted by Gasteiger charge is 2.21. The van der Waals surface area contributed by atoms with Gasteiger partial charge in [-0.05, 0) is 13.8 Å². The highest BCUT2D eigenvalue weighted by atomic mass is 32.2. The highest BCUT2D eigenvalue weighted by Crippen LogP contribution is 2.11. The van der Waals surface area contributed by atoms with Crippen LogP contribution in [0.15, 0.2) is 24.0 Å². The Balaban J connectivity index is 1.95. The van der Waals surface area contributed by atoms with E-state index in [2.05, 4.69) is 28.7 Å². The molecule has 0 spiro atoms. The lowest BCUT2D eigenvalue weighted by Crippen LogP contribution is -2.30. The van der Waals surface area contributed by atoms with Crippen LogP contribution in [-0.2, 0) is 16.4 Å². The zero-order chi connectivity index (χ0) is 12.5. The van der Waals surface area contributed by atoms with E-state index in [1.807, 2.05) is 0 Å². The summed E-state index contributed by atoms with van der Waals surface area (Å²) in [6.45, 7) is 4.80. The third-order valence-electron chi connectivity index (χ3n) is 2.78. The molecule has 0 saturated carbocycles. The smallest absolute Gasteiger partial charge is 0.173 e. The number of nitrogens with one attached hydrogen (secondary N) is 1. The number of hydrogen-bond acceptors (Lipinski definition) is 4. The third-order valence-corrected chi connectivity index (χ3v) is 4.17. The van der Waals surface area contributed by atoms with Gasteiger partial charge >= 0.3 is 0 Å². The molecule has 0 radical (unpaired) electrons. The van der Waals surface area contributed by atoms with Crippen molar-refractivity contribution in [2.24, 2.45) is 0 Å². The van der Waals surface area contributed by atoms with Crippen LogP contribution in [0.4, 0.5) is 0 Å². The van der Waals surface area contributed by atoms with E-state index < -0.39 is 9.84 Å². The van der Waals surface area contributed by atoms with E-state index in [4.69, 9.17) is 0 Å².